The minimum absolute atomic E-state index is 0.312. The predicted molar refractivity (Wildman–Crippen MR) is 78.5 cm³/mol. The average Bonchev–Trinajstić information content (AvgIpc) is 3.14. The maximum atomic E-state index is 13.0. The van der Waals surface area contributed by atoms with E-state index in [-0.39, 0.29) is 5.75 Å². The lowest BCUT2D eigenvalue weighted by Gasteiger charge is -2.15. The second kappa shape index (κ2) is 5.75. The van der Waals surface area contributed by atoms with E-state index in [1.807, 2.05) is 6.92 Å². The SMILES string of the molecule is CCCC1(C(=O)NS(=O)(=O)Cc2ccc(F)cc2C)CC1. The van der Waals surface area contributed by atoms with Crippen LogP contribution in [0.3, 0.4) is 0 Å². The van der Waals surface area contributed by atoms with E-state index in [0.29, 0.717) is 17.5 Å². The molecule has 0 radical (unpaired) electrons. The lowest BCUT2D eigenvalue weighted by atomic mass is 10.0. The molecule has 0 bridgehead atoms. The van der Waals surface area contributed by atoms with E-state index in [9.17, 15) is 17.6 Å². The van der Waals surface area contributed by atoms with Gasteiger partial charge in [0.25, 0.3) is 0 Å². The summed E-state index contributed by atoms with van der Waals surface area (Å²) in [4.78, 5) is 12.1. The van der Waals surface area contributed by atoms with Gasteiger partial charge in [-0.2, -0.15) is 0 Å². The topological polar surface area (TPSA) is 63.2 Å². The standard InChI is InChI=1S/C15H20FNO3S/c1-3-6-15(7-8-15)14(18)17-21(19,20)10-12-4-5-13(16)9-11(12)2/h4-5,9H,3,6-8,10H2,1-2H3,(H,17,18). The number of hydrogen-bond donors (Lipinski definition) is 1. The highest BCUT2D eigenvalue weighted by Gasteiger charge is 2.49. The van der Waals surface area contributed by atoms with Gasteiger partial charge in [0, 0.05) is 0 Å². The van der Waals surface area contributed by atoms with Crippen molar-refractivity contribution in [2.24, 2.45) is 5.41 Å². The maximum absolute atomic E-state index is 13.0. The van der Waals surface area contributed by atoms with E-state index < -0.39 is 27.2 Å². The summed E-state index contributed by atoms with van der Waals surface area (Å²) in [6, 6.07) is 3.94. The van der Waals surface area contributed by atoms with Crippen molar-refractivity contribution in [3.63, 3.8) is 0 Å². The summed E-state index contributed by atoms with van der Waals surface area (Å²) < 4.78 is 39.4. The van der Waals surface area contributed by atoms with Gasteiger partial charge in [-0.05, 0) is 49.4 Å². The van der Waals surface area contributed by atoms with Gasteiger partial charge in [-0.15, -0.1) is 0 Å². The summed E-state index contributed by atoms with van der Waals surface area (Å²) >= 11 is 0. The van der Waals surface area contributed by atoms with E-state index in [2.05, 4.69) is 4.72 Å². The summed E-state index contributed by atoms with van der Waals surface area (Å²) in [6.45, 7) is 3.62. The van der Waals surface area contributed by atoms with Crippen LogP contribution in [0, 0.1) is 18.2 Å². The van der Waals surface area contributed by atoms with Gasteiger partial charge in [0.2, 0.25) is 15.9 Å². The van der Waals surface area contributed by atoms with Crippen molar-refractivity contribution in [2.45, 2.75) is 45.3 Å². The Morgan fingerprint density at radius 1 is 1.38 bits per heavy atom. The van der Waals surface area contributed by atoms with Gasteiger partial charge < -0.3 is 0 Å². The predicted octanol–water partition coefficient (Wildman–Crippen LogP) is 2.66. The van der Waals surface area contributed by atoms with Gasteiger partial charge >= 0.3 is 0 Å². The Labute approximate surface area is 124 Å². The maximum Gasteiger partial charge on any atom is 0.239 e. The van der Waals surface area contributed by atoms with Crippen molar-refractivity contribution < 1.29 is 17.6 Å². The molecular formula is C15H20FNO3S. The molecule has 2 rings (SSSR count). The normalized spacial score (nSPS) is 16.5. The largest absolute Gasteiger partial charge is 0.273 e. The van der Waals surface area contributed by atoms with Crippen molar-refractivity contribution in [3.05, 3.63) is 35.1 Å². The summed E-state index contributed by atoms with van der Waals surface area (Å²) in [7, 11) is -3.75. The molecule has 0 aliphatic heterocycles. The molecule has 0 heterocycles. The zero-order valence-corrected chi connectivity index (χ0v) is 13.1. The monoisotopic (exact) mass is 313 g/mol. The fraction of sp³-hybridized carbons (Fsp3) is 0.533. The lowest BCUT2D eigenvalue weighted by molar-refractivity contribution is -0.124. The number of hydrogen-bond acceptors (Lipinski definition) is 3. The van der Waals surface area contributed by atoms with Crippen molar-refractivity contribution in [3.8, 4) is 0 Å². The smallest absolute Gasteiger partial charge is 0.239 e. The van der Waals surface area contributed by atoms with E-state index in [1.165, 1.54) is 18.2 Å². The van der Waals surface area contributed by atoms with Crippen LogP contribution in [0.4, 0.5) is 4.39 Å². The number of nitrogens with one attached hydrogen (secondary N) is 1. The highest BCUT2D eigenvalue weighted by molar-refractivity contribution is 7.89. The molecule has 1 aliphatic rings. The average molecular weight is 313 g/mol. The molecule has 1 amide bonds. The molecule has 0 spiro atoms. The molecule has 6 heteroatoms. The first-order valence-corrected chi connectivity index (χ1v) is 8.73. The summed E-state index contributed by atoms with van der Waals surface area (Å²) in [6.07, 6.45) is 3.06. The van der Waals surface area contributed by atoms with Crippen LogP contribution >= 0.6 is 0 Å². The van der Waals surface area contributed by atoms with Crippen LogP contribution in [-0.4, -0.2) is 14.3 Å². The molecule has 4 nitrogen and oxygen atoms in total. The zero-order chi connectivity index (χ0) is 15.7. The van der Waals surface area contributed by atoms with Gasteiger partial charge in [-0.3, -0.25) is 9.52 Å². The molecule has 0 atom stereocenters. The first kappa shape index (κ1) is 15.9. The van der Waals surface area contributed by atoms with Crippen molar-refractivity contribution >= 4 is 15.9 Å². The molecule has 116 valence electrons. The quantitative estimate of drug-likeness (QED) is 0.878. The summed E-state index contributed by atoms with van der Waals surface area (Å²) in [5.41, 5.74) is 0.569. The Morgan fingerprint density at radius 2 is 2.05 bits per heavy atom. The van der Waals surface area contributed by atoms with Gasteiger partial charge in [-0.1, -0.05) is 19.4 Å². The molecule has 0 unspecified atom stereocenters. The third kappa shape index (κ3) is 3.81. The summed E-state index contributed by atoms with van der Waals surface area (Å²) in [5.74, 6) is -1.12. The molecule has 1 aromatic carbocycles. The minimum Gasteiger partial charge on any atom is -0.273 e. The van der Waals surface area contributed by atoms with Gasteiger partial charge in [-0.25, -0.2) is 12.8 Å². The molecule has 0 aromatic heterocycles. The van der Waals surface area contributed by atoms with Gasteiger partial charge in [0.1, 0.15) is 5.82 Å². The van der Waals surface area contributed by atoms with Crippen molar-refractivity contribution in [2.75, 3.05) is 0 Å². The highest BCUT2D eigenvalue weighted by atomic mass is 32.2. The lowest BCUT2D eigenvalue weighted by Crippen LogP contribution is -2.37. The molecule has 1 aliphatic carbocycles. The van der Waals surface area contributed by atoms with Crippen LogP contribution in [-0.2, 0) is 20.6 Å². The van der Waals surface area contributed by atoms with E-state index >= 15 is 0 Å². The fourth-order valence-electron chi connectivity index (χ4n) is 2.53. The molecule has 1 aromatic rings. The number of halogens is 1. The molecule has 1 N–H and O–H groups in total. The second-order valence-corrected chi connectivity index (χ2v) is 7.51. The Morgan fingerprint density at radius 3 is 2.57 bits per heavy atom. The number of rotatable bonds is 6. The first-order valence-electron chi connectivity index (χ1n) is 7.08. The van der Waals surface area contributed by atoms with Crippen LogP contribution in [0.5, 0.6) is 0 Å². The Balaban J connectivity index is 2.07. The van der Waals surface area contributed by atoms with Crippen molar-refractivity contribution in [1.29, 1.82) is 0 Å². The van der Waals surface area contributed by atoms with Crippen LogP contribution in [0.15, 0.2) is 18.2 Å². The highest BCUT2D eigenvalue weighted by Crippen LogP contribution is 2.49. The van der Waals surface area contributed by atoms with Gasteiger partial charge in [0.15, 0.2) is 0 Å². The number of aryl methyl sites for hydroxylation is 1. The molecule has 1 saturated carbocycles. The van der Waals surface area contributed by atoms with E-state index in [1.54, 1.807) is 6.92 Å². The van der Waals surface area contributed by atoms with Crippen molar-refractivity contribution in [1.82, 2.24) is 4.72 Å². The van der Waals surface area contributed by atoms with Crippen LogP contribution in [0.1, 0.15) is 43.7 Å². The van der Waals surface area contributed by atoms with E-state index in [4.69, 9.17) is 0 Å². The Bertz CT molecular complexity index is 651. The molecule has 21 heavy (non-hydrogen) atoms. The fourth-order valence-corrected chi connectivity index (χ4v) is 3.84. The van der Waals surface area contributed by atoms with Crippen LogP contribution in [0.2, 0.25) is 0 Å². The van der Waals surface area contributed by atoms with E-state index in [0.717, 1.165) is 19.3 Å². The Hall–Kier alpha value is -1.43. The summed E-state index contributed by atoms with van der Waals surface area (Å²) in [5, 5.41) is 0. The number of amides is 1. The Kier molecular flexibility index (Phi) is 4.37. The zero-order valence-electron chi connectivity index (χ0n) is 12.3. The van der Waals surface area contributed by atoms with Crippen LogP contribution in [0.25, 0.3) is 0 Å². The van der Waals surface area contributed by atoms with Gasteiger partial charge in [0.05, 0.1) is 11.2 Å². The third-order valence-electron chi connectivity index (χ3n) is 3.96. The number of carbonyl (C=O) groups is 1. The first-order chi connectivity index (χ1) is 9.78. The second-order valence-electron chi connectivity index (χ2n) is 5.79. The van der Waals surface area contributed by atoms with Crippen LogP contribution < -0.4 is 4.72 Å². The number of carbonyl (C=O) groups excluding carboxylic acids is 1. The number of benzene rings is 1. The minimum atomic E-state index is -3.75. The third-order valence-corrected chi connectivity index (χ3v) is 5.15. The molecule has 0 saturated heterocycles. The number of sulfonamides is 1. The molecule has 1 fully saturated rings. The molecular weight excluding hydrogens is 293 g/mol.